The van der Waals surface area contributed by atoms with Crippen molar-refractivity contribution >= 4 is 6.03 Å². The van der Waals surface area contributed by atoms with Crippen LogP contribution >= 0.6 is 0 Å². The molecule has 2 fully saturated rings. The van der Waals surface area contributed by atoms with Crippen molar-refractivity contribution in [3.8, 4) is 0 Å². The number of carbonyl (C=O) groups excluding carboxylic acids is 1. The number of ether oxygens (including phenoxy) is 1. The third-order valence-corrected chi connectivity index (χ3v) is 5.49. The summed E-state index contributed by atoms with van der Waals surface area (Å²) in [6, 6.07) is -0.152. The number of hydrogen-bond donors (Lipinski definition) is 3. The standard InChI is InChI=1S/C17H32N2O3/c1-22-12-11-16(7-6-8-16)13-18-15(20)19-14-17(21)9-4-2-3-5-10-17/h21H,2-14H2,1H3,(H2,18,19,20). The molecule has 128 valence electrons. The number of carbonyl (C=O) groups is 1. The molecular weight excluding hydrogens is 280 g/mol. The van der Waals surface area contributed by atoms with Crippen molar-refractivity contribution in [1.29, 1.82) is 0 Å². The zero-order valence-corrected chi connectivity index (χ0v) is 14.0. The minimum Gasteiger partial charge on any atom is -0.388 e. The fourth-order valence-electron chi connectivity index (χ4n) is 3.65. The number of methoxy groups -OCH3 is 1. The molecule has 2 amide bonds. The lowest BCUT2D eigenvalue weighted by molar-refractivity contribution is 0.0272. The molecule has 0 aromatic rings. The Balaban J connectivity index is 1.68. The molecular formula is C17H32N2O3. The van der Waals surface area contributed by atoms with Crippen LogP contribution in [0.2, 0.25) is 0 Å². The van der Waals surface area contributed by atoms with Crippen LogP contribution in [0.3, 0.4) is 0 Å². The highest BCUT2D eigenvalue weighted by molar-refractivity contribution is 5.73. The van der Waals surface area contributed by atoms with Gasteiger partial charge in [0.25, 0.3) is 0 Å². The van der Waals surface area contributed by atoms with E-state index in [9.17, 15) is 9.90 Å². The monoisotopic (exact) mass is 312 g/mol. The fourth-order valence-corrected chi connectivity index (χ4v) is 3.65. The molecule has 0 radical (unpaired) electrons. The number of amides is 2. The minimum absolute atomic E-state index is 0.152. The largest absolute Gasteiger partial charge is 0.388 e. The molecule has 0 heterocycles. The van der Waals surface area contributed by atoms with Gasteiger partial charge in [-0.2, -0.15) is 0 Å². The van der Waals surface area contributed by atoms with Gasteiger partial charge >= 0.3 is 6.03 Å². The predicted molar refractivity (Wildman–Crippen MR) is 86.8 cm³/mol. The molecule has 2 saturated carbocycles. The Labute approximate surface area is 134 Å². The van der Waals surface area contributed by atoms with Gasteiger partial charge in [0, 0.05) is 26.8 Å². The van der Waals surface area contributed by atoms with E-state index in [-0.39, 0.29) is 11.4 Å². The molecule has 2 aliphatic carbocycles. The SMILES string of the molecule is COCCC1(CNC(=O)NCC2(O)CCCCCC2)CCC1. The molecule has 0 unspecified atom stereocenters. The van der Waals surface area contributed by atoms with Crippen LogP contribution in [0.1, 0.15) is 64.2 Å². The van der Waals surface area contributed by atoms with E-state index < -0.39 is 5.60 Å². The van der Waals surface area contributed by atoms with Gasteiger partial charge < -0.3 is 20.5 Å². The Morgan fingerprint density at radius 3 is 2.18 bits per heavy atom. The molecule has 5 nitrogen and oxygen atoms in total. The normalized spacial score (nSPS) is 23.2. The Hall–Kier alpha value is -0.810. The second-order valence-corrected chi connectivity index (χ2v) is 7.27. The van der Waals surface area contributed by atoms with Gasteiger partial charge in [0.2, 0.25) is 0 Å². The van der Waals surface area contributed by atoms with Crippen LogP contribution in [0, 0.1) is 5.41 Å². The average Bonchev–Trinajstić information content (AvgIpc) is 2.69. The summed E-state index contributed by atoms with van der Waals surface area (Å²) in [4.78, 5) is 12.0. The van der Waals surface area contributed by atoms with Crippen LogP contribution in [0.25, 0.3) is 0 Å². The van der Waals surface area contributed by atoms with Crippen molar-refractivity contribution < 1.29 is 14.6 Å². The van der Waals surface area contributed by atoms with Gasteiger partial charge in [-0.25, -0.2) is 4.79 Å². The lowest BCUT2D eigenvalue weighted by Gasteiger charge is -2.42. The molecule has 0 aromatic heterocycles. The Morgan fingerprint density at radius 1 is 1.00 bits per heavy atom. The first kappa shape index (κ1) is 17.5. The number of aliphatic hydroxyl groups is 1. The zero-order chi connectivity index (χ0) is 15.9. The van der Waals surface area contributed by atoms with Gasteiger partial charge in [-0.15, -0.1) is 0 Å². The highest BCUT2D eigenvalue weighted by Crippen LogP contribution is 2.43. The van der Waals surface area contributed by atoms with Crippen LogP contribution < -0.4 is 10.6 Å². The average molecular weight is 312 g/mol. The van der Waals surface area contributed by atoms with E-state index in [1.165, 1.54) is 32.1 Å². The second kappa shape index (κ2) is 8.16. The molecule has 2 rings (SSSR count). The van der Waals surface area contributed by atoms with Crippen LogP contribution in [0.5, 0.6) is 0 Å². The third-order valence-electron chi connectivity index (χ3n) is 5.49. The predicted octanol–water partition coefficient (Wildman–Crippen LogP) is 2.58. The third kappa shape index (κ3) is 5.13. The molecule has 0 saturated heterocycles. The molecule has 0 bridgehead atoms. The second-order valence-electron chi connectivity index (χ2n) is 7.27. The summed E-state index contributed by atoms with van der Waals surface area (Å²) in [6.07, 6.45) is 10.7. The van der Waals surface area contributed by atoms with Crippen molar-refractivity contribution in [2.24, 2.45) is 5.41 Å². The van der Waals surface area contributed by atoms with Gasteiger partial charge in [0.1, 0.15) is 0 Å². The summed E-state index contributed by atoms with van der Waals surface area (Å²) < 4.78 is 5.17. The first-order valence-electron chi connectivity index (χ1n) is 8.81. The Kier molecular flexibility index (Phi) is 6.50. The summed E-state index contributed by atoms with van der Waals surface area (Å²) >= 11 is 0. The van der Waals surface area contributed by atoms with Gasteiger partial charge in [0.15, 0.2) is 0 Å². The molecule has 3 N–H and O–H groups in total. The number of rotatable bonds is 7. The molecule has 2 aliphatic rings. The van der Waals surface area contributed by atoms with E-state index in [0.29, 0.717) is 13.1 Å². The van der Waals surface area contributed by atoms with Crippen molar-refractivity contribution in [3.05, 3.63) is 0 Å². The zero-order valence-electron chi connectivity index (χ0n) is 14.0. The molecule has 0 spiro atoms. The first-order valence-corrected chi connectivity index (χ1v) is 8.81. The molecule has 0 atom stereocenters. The van der Waals surface area contributed by atoms with E-state index in [4.69, 9.17) is 4.74 Å². The maximum atomic E-state index is 12.0. The highest BCUT2D eigenvalue weighted by Gasteiger charge is 2.37. The topological polar surface area (TPSA) is 70.6 Å². The van der Waals surface area contributed by atoms with Crippen LogP contribution in [-0.4, -0.2) is 43.5 Å². The van der Waals surface area contributed by atoms with Crippen molar-refractivity contribution in [3.63, 3.8) is 0 Å². The lowest BCUT2D eigenvalue weighted by Crippen LogP contribution is -2.49. The highest BCUT2D eigenvalue weighted by atomic mass is 16.5. The van der Waals surface area contributed by atoms with Gasteiger partial charge in [-0.05, 0) is 37.5 Å². The number of nitrogens with one attached hydrogen (secondary N) is 2. The number of hydrogen-bond acceptors (Lipinski definition) is 3. The van der Waals surface area contributed by atoms with Gasteiger partial charge in [-0.1, -0.05) is 32.1 Å². The molecule has 0 aliphatic heterocycles. The molecule has 0 aromatic carbocycles. The fraction of sp³-hybridized carbons (Fsp3) is 0.941. The maximum Gasteiger partial charge on any atom is 0.314 e. The number of urea groups is 1. The van der Waals surface area contributed by atoms with Gasteiger partial charge in [0.05, 0.1) is 5.60 Å². The van der Waals surface area contributed by atoms with Crippen LogP contribution in [0.4, 0.5) is 4.79 Å². The summed E-state index contributed by atoms with van der Waals surface area (Å²) in [5.74, 6) is 0. The summed E-state index contributed by atoms with van der Waals surface area (Å²) in [6.45, 7) is 1.83. The van der Waals surface area contributed by atoms with E-state index in [2.05, 4.69) is 10.6 Å². The molecule has 22 heavy (non-hydrogen) atoms. The van der Waals surface area contributed by atoms with E-state index in [1.807, 2.05) is 0 Å². The first-order chi connectivity index (χ1) is 10.6. The van der Waals surface area contributed by atoms with E-state index >= 15 is 0 Å². The summed E-state index contributed by atoms with van der Waals surface area (Å²) in [7, 11) is 1.72. The minimum atomic E-state index is -0.710. The van der Waals surface area contributed by atoms with Crippen molar-refractivity contribution in [2.45, 2.75) is 69.8 Å². The smallest absolute Gasteiger partial charge is 0.314 e. The lowest BCUT2D eigenvalue weighted by atomic mass is 9.67. The maximum absolute atomic E-state index is 12.0. The van der Waals surface area contributed by atoms with E-state index in [0.717, 1.165) is 38.7 Å². The molecule has 5 heteroatoms. The van der Waals surface area contributed by atoms with Crippen molar-refractivity contribution in [2.75, 3.05) is 26.8 Å². The Morgan fingerprint density at radius 2 is 1.64 bits per heavy atom. The van der Waals surface area contributed by atoms with Crippen LogP contribution in [-0.2, 0) is 4.74 Å². The Bertz CT molecular complexity index is 348. The van der Waals surface area contributed by atoms with Gasteiger partial charge in [-0.3, -0.25) is 0 Å². The summed E-state index contributed by atoms with van der Waals surface area (Å²) in [5, 5.41) is 16.4. The quantitative estimate of drug-likeness (QED) is 0.633. The van der Waals surface area contributed by atoms with E-state index in [1.54, 1.807) is 7.11 Å². The van der Waals surface area contributed by atoms with Crippen LogP contribution in [0.15, 0.2) is 0 Å². The summed E-state index contributed by atoms with van der Waals surface area (Å²) in [5.41, 5.74) is -0.482. The van der Waals surface area contributed by atoms with Crippen molar-refractivity contribution in [1.82, 2.24) is 10.6 Å².